The summed E-state index contributed by atoms with van der Waals surface area (Å²) in [6.07, 6.45) is 0. The summed E-state index contributed by atoms with van der Waals surface area (Å²) in [5, 5.41) is 8.56. The molecule has 0 aliphatic heterocycles. The third-order valence-corrected chi connectivity index (χ3v) is 3.03. The van der Waals surface area contributed by atoms with Crippen LogP contribution in [0, 0.1) is 5.82 Å². The minimum Gasteiger partial charge on any atom is -0.480 e. The quantitative estimate of drug-likeness (QED) is 0.870. The van der Waals surface area contributed by atoms with Gasteiger partial charge in [-0.1, -0.05) is 23.2 Å². The van der Waals surface area contributed by atoms with Gasteiger partial charge in [0.25, 0.3) is 5.91 Å². The lowest BCUT2D eigenvalue weighted by atomic mass is 10.1. The average molecular weight is 308 g/mol. The Bertz CT molecular complexity index is 520. The molecular formula is C12H12Cl2FNO3. The smallest absolute Gasteiger partial charge is 0.323 e. The fraction of sp³-hybridized carbons (Fsp3) is 0.333. The van der Waals surface area contributed by atoms with Gasteiger partial charge in [-0.15, -0.1) is 0 Å². The van der Waals surface area contributed by atoms with E-state index in [1.807, 2.05) is 0 Å². The number of carbonyl (C=O) groups excluding carboxylic acids is 1. The van der Waals surface area contributed by atoms with Crippen LogP contribution in [0.15, 0.2) is 12.1 Å². The first-order valence-electron chi connectivity index (χ1n) is 5.41. The molecule has 1 amide bonds. The Morgan fingerprint density at radius 2 is 1.89 bits per heavy atom. The maximum atomic E-state index is 13.4. The number of amides is 1. The number of hydrogen-bond donors (Lipinski definition) is 1. The molecule has 0 saturated carbocycles. The van der Waals surface area contributed by atoms with Crippen molar-refractivity contribution in [3.63, 3.8) is 0 Å². The molecule has 0 bridgehead atoms. The molecule has 7 heteroatoms. The number of benzene rings is 1. The third kappa shape index (κ3) is 3.81. The minimum atomic E-state index is -1.16. The molecule has 0 radical (unpaired) electrons. The van der Waals surface area contributed by atoms with Gasteiger partial charge in [-0.25, -0.2) is 4.39 Å². The van der Waals surface area contributed by atoms with Crippen molar-refractivity contribution in [3.8, 4) is 0 Å². The second kappa shape index (κ2) is 6.21. The van der Waals surface area contributed by atoms with E-state index in [1.54, 1.807) is 13.8 Å². The van der Waals surface area contributed by atoms with Crippen LogP contribution in [-0.2, 0) is 4.79 Å². The van der Waals surface area contributed by atoms with Gasteiger partial charge in [-0.05, 0) is 26.0 Å². The van der Waals surface area contributed by atoms with Crippen LogP contribution in [0.1, 0.15) is 24.2 Å². The molecule has 1 rings (SSSR count). The molecule has 0 aliphatic carbocycles. The van der Waals surface area contributed by atoms with Crippen LogP contribution in [0.4, 0.5) is 4.39 Å². The Balaban J connectivity index is 3.16. The van der Waals surface area contributed by atoms with Crippen molar-refractivity contribution >= 4 is 35.1 Å². The van der Waals surface area contributed by atoms with E-state index in [-0.39, 0.29) is 21.7 Å². The fourth-order valence-corrected chi connectivity index (χ4v) is 1.94. The summed E-state index contributed by atoms with van der Waals surface area (Å²) >= 11 is 11.4. The zero-order chi connectivity index (χ0) is 14.7. The molecular weight excluding hydrogens is 296 g/mol. The first kappa shape index (κ1) is 15.7. The molecule has 104 valence electrons. The van der Waals surface area contributed by atoms with Crippen LogP contribution in [0.25, 0.3) is 0 Å². The second-order valence-corrected chi connectivity index (χ2v) is 4.98. The Kier molecular flexibility index (Phi) is 5.14. The number of halogens is 3. The number of carbonyl (C=O) groups is 2. The lowest BCUT2D eigenvalue weighted by Gasteiger charge is -2.25. The van der Waals surface area contributed by atoms with Crippen LogP contribution in [0.3, 0.4) is 0 Å². The molecule has 19 heavy (non-hydrogen) atoms. The number of hydrogen-bond acceptors (Lipinski definition) is 2. The first-order valence-corrected chi connectivity index (χ1v) is 6.17. The summed E-state index contributed by atoms with van der Waals surface area (Å²) in [6.45, 7) is 2.82. The van der Waals surface area contributed by atoms with Gasteiger partial charge in [-0.2, -0.15) is 0 Å². The van der Waals surface area contributed by atoms with Crippen LogP contribution in [0.2, 0.25) is 10.0 Å². The lowest BCUT2D eigenvalue weighted by Crippen LogP contribution is -2.40. The van der Waals surface area contributed by atoms with E-state index in [4.69, 9.17) is 28.3 Å². The standard InChI is InChI=1S/C12H12Cl2FNO3/c1-6(2)16(5-11(17)18)12(19)7-3-10(15)9(14)4-8(7)13/h3-4,6H,5H2,1-2H3,(H,17,18). The van der Waals surface area contributed by atoms with Crippen molar-refractivity contribution in [1.82, 2.24) is 4.90 Å². The molecule has 0 spiro atoms. The summed E-state index contributed by atoms with van der Waals surface area (Å²) < 4.78 is 13.4. The van der Waals surface area contributed by atoms with Crippen LogP contribution in [0.5, 0.6) is 0 Å². The minimum absolute atomic E-state index is 0.0209. The molecule has 0 saturated heterocycles. The van der Waals surface area contributed by atoms with Crippen LogP contribution >= 0.6 is 23.2 Å². The summed E-state index contributed by atoms with van der Waals surface area (Å²) in [5.74, 6) is -2.60. The Morgan fingerprint density at radius 1 is 1.32 bits per heavy atom. The third-order valence-electron chi connectivity index (χ3n) is 2.43. The van der Waals surface area contributed by atoms with E-state index < -0.39 is 24.2 Å². The molecule has 0 atom stereocenters. The zero-order valence-electron chi connectivity index (χ0n) is 10.3. The van der Waals surface area contributed by atoms with E-state index in [0.29, 0.717) is 0 Å². The lowest BCUT2D eigenvalue weighted by molar-refractivity contribution is -0.138. The highest BCUT2D eigenvalue weighted by atomic mass is 35.5. The average Bonchev–Trinajstić information content (AvgIpc) is 2.29. The Hall–Kier alpha value is -1.33. The van der Waals surface area contributed by atoms with Gasteiger partial charge >= 0.3 is 5.97 Å². The van der Waals surface area contributed by atoms with E-state index in [2.05, 4.69) is 0 Å². The highest BCUT2D eigenvalue weighted by molar-refractivity contribution is 6.36. The molecule has 0 unspecified atom stereocenters. The molecule has 1 aromatic carbocycles. The second-order valence-electron chi connectivity index (χ2n) is 4.17. The number of nitrogens with zero attached hydrogens (tertiary/aromatic N) is 1. The van der Waals surface area contributed by atoms with E-state index >= 15 is 0 Å². The first-order chi connectivity index (χ1) is 8.73. The fourth-order valence-electron chi connectivity index (χ4n) is 1.48. The highest BCUT2D eigenvalue weighted by Gasteiger charge is 2.24. The number of carboxylic acid groups (broad SMARTS) is 1. The van der Waals surface area contributed by atoms with Gasteiger partial charge in [0.15, 0.2) is 0 Å². The van der Waals surface area contributed by atoms with Crippen molar-refractivity contribution in [2.45, 2.75) is 19.9 Å². The SMILES string of the molecule is CC(C)N(CC(=O)O)C(=O)c1cc(F)c(Cl)cc1Cl. The predicted octanol–water partition coefficient (Wildman–Crippen LogP) is 3.07. The van der Waals surface area contributed by atoms with Crippen LogP contribution in [-0.4, -0.2) is 34.5 Å². The van der Waals surface area contributed by atoms with Crippen LogP contribution < -0.4 is 0 Å². The summed E-state index contributed by atoms with van der Waals surface area (Å²) in [7, 11) is 0. The topological polar surface area (TPSA) is 57.6 Å². The maximum Gasteiger partial charge on any atom is 0.323 e. The van der Waals surface area contributed by atoms with Gasteiger partial charge in [0.05, 0.1) is 15.6 Å². The van der Waals surface area contributed by atoms with Gasteiger partial charge in [-0.3, -0.25) is 9.59 Å². The van der Waals surface area contributed by atoms with Gasteiger partial charge in [0.1, 0.15) is 12.4 Å². The summed E-state index contributed by atoms with van der Waals surface area (Å²) in [4.78, 5) is 24.0. The Morgan fingerprint density at radius 3 is 2.37 bits per heavy atom. The molecule has 0 fully saturated rings. The number of aliphatic carboxylic acids is 1. The Labute approximate surface area is 119 Å². The molecule has 1 aromatic rings. The van der Waals surface area contributed by atoms with Crippen molar-refractivity contribution in [1.29, 1.82) is 0 Å². The van der Waals surface area contributed by atoms with E-state index in [1.165, 1.54) is 0 Å². The van der Waals surface area contributed by atoms with E-state index in [0.717, 1.165) is 17.0 Å². The van der Waals surface area contributed by atoms with Crippen molar-refractivity contribution in [3.05, 3.63) is 33.6 Å². The van der Waals surface area contributed by atoms with Crippen molar-refractivity contribution < 1.29 is 19.1 Å². The normalized spacial score (nSPS) is 10.6. The summed E-state index contributed by atoms with van der Waals surface area (Å²) in [6, 6.07) is 1.66. The van der Waals surface area contributed by atoms with Gasteiger partial charge < -0.3 is 10.0 Å². The summed E-state index contributed by atoms with van der Waals surface area (Å²) in [5.41, 5.74) is -0.112. The molecule has 4 nitrogen and oxygen atoms in total. The predicted molar refractivity (Wildman–Crippen MR) is 70.2 cm³/mol. The molecule has 0 heterocycles. The monoisotopic (exact) mass is 307 g/mol. The van der Waals surface area contributed by atoms with Crippen molar-refractivity contribution in [2.75, 3.05) is 6.54 Å². The highest BCUT2D eigenvalue weighted by Crippen LogP contribution is 2.25. The largest absolute Gasteiger partial charge is 0.480 e. The molecule has 0 aliphatic rings. The van der Waals surface area contributed by atoms with Crippen molar-refractivity contribution in [2.24, 2.45) is 0 Å². The molecule has 1 N–H and O–H groups in total. The zero-order valence-corrected chi connectivity index (χ0v) is 11.8. The number of carboxylic acids is 1. The van der Waals surface area contributed by atoms with Gasteiger partial charge in [0, 0.05) is 6.04 Å². The maximum absolute atomic E-state index is 13.4. The molecule has 0 aromatic heterocycles. The van der Waals surface area contributed by atoms with E-state index in [9.17, 15) is 14.0 Å². The number of rotatable bonds is 4. The van der Waals surface area contributed by atoms with Gasteiger partial charge in [0.2, 0.25) is 0 Å².